The number of likely N-dealkylation sites (tertiary alicyclic amines) is 1. The Bertz CT molecular complexity index is 954. The SMILES string of the molecule is O=C(CSc1nc2ccccc2o1)N1CC[C@@H](c2ccccc2)[C@@H]2CCCC[C@@H]21. The molecular formula is C24H26N2O2S. The van der Waals surface area contributed by atoms with Crippen LogP contribution >= 0.6 is 11.8 Å². The minimum Gasteiger partial charge on any atom is -0.431 e. The van der Waals surface area contributed by atoms with Gasteiger partial charge in [-0.1, -0.05) is 67.1 Å². The van der Waals surface area contributed by atoms with Gasteiger partial charge in [0.1, 0.15) is 5.52 Å². The second kappa shape index (κ2) is 8.23. The highest BCUT2D eigenvalue weighted by Crippen LogP contribution is 2.44. The fourth-order valence-corrected chi connectivity index (χ4v) is 5.92. The highest BCUT2D eigenvalue weighted by molar-refractivity contribution is 7.99. The minimum atomic E-state index is 0.223. The van der Waals surface area contributed by atoms with Crippen molar-refractivity contribution in [1.29, 1.82) is 0 Å². The summed E-state index contributed by atoms with van der Waals surface area (Å²) in [6, 6.07) is 19.0. The molecule has 1 amide bonds. The zero-order valence-corrected chi connectivity index (χ0v) is 17.3. The molecule has 3 aromatic rings. The molecule has 2 aromatic carbocycles. The Morgan fingerprint density at radius 2 is 1.83 bits per heavy atom. The number of carbonyl (C=O) groups excluding carboxylic acids is 1. The predicted octanol–water partition coefficient (Wildman–Crippen LogP) is 5.49. The first-order valence-corrected chi connectivity index (χ1v) is 11.6. The van der Waals surface area contributed by atoms with Gasteiger partial charge in [-0.05, 0) is 48.8 Å². The van der Waals surface area contributed by atoms with Crippen LogP contribution in [0.1, 0.15) is 43.6 Å². The van der Waals surface area contributed by atoms with Crippen LogP contribution in [0.25, 0.3) is 11.1 Å². The van der Waals surface area contributed by atoms with Gasteiger partial charge >= 0.3 is 0 Å². The third-order valence-corrected chi connectivity index (χ3v) is 7.33. The maximum Gasteiger partial charge on any atom is 0.257 e. The molecule has 0 unspecified atom stereocenters. The van der Waals surface area contributed by atoms with E-state index in [-0.39, 0.29) is 5.91 Å². The van der Waals surface area contributed by atoms with E-state index in [1.54, 1.807) is 0 Å². The molecule has 0 radical (unpaired) electrons. The molecule has 1 aliphatic carbocycles. The van der Waals surface area contributed by atoms with Gasteiger partial charge in [-0.15, -0.1) is 0 Å². The number of nitrogens with zero attached hydrogens (tertiary/aromatic N) is 2. The molecule has 0 bridgehead atoms. The number of oxazole rings is 1. The van der Waals surface area contributed by atoms with E-state index >= 15 is 0 Å². The van der Waals surface area contributed by atoms with Crippen molar-refractivity contribution in [2.24, 2.45) is 5.92 Å². The highest BCUT2D eigenvalue weighted by Gasteiger charge is 2.41. The molecule has 1 aliphatic heterocycles. The van der Waals surface area contributed by atoms with E-state index < -0.39 is 0 Å². The molecule has 1 aromatic heterocycles. The number of fused-ring (bicyclic) bond motifs is 2. The molecule has 1 saturated heterocycles. The average Bonchev–Trinajstić information content (AvgIpc) is 3.20. The van der Waals surface area contributed by atoms with Crippen molar-refractivity contribution in [3.05, 3.63) is 60.2 Å². The number of benzene rings is 2. The van der Waals surface area contributed by atoms with E-state index in [0.29, 0.717) is 28.9 Å². The van der Waals surface area contributed by atoms with Gasteiger partial charge in [-0.25, -0.2) is 4.98 Å². The van der Waals surface area contributed by atoms with Gasteiger partial charge in [-0.2, -0.15) is 0 Å². The van der Waals surface area contributed by atoms with Crippen molar-refractivity contribution in [2.45, 2.75) is 49.3 Å². The smallest absolute Gasteiger partial charge is 0.257 e. The van der Waals surface area contributed by atoms with Gasteiger partial charge in [0.25, 0.3) is 5.22 Å². The highest BCUT2D eigenvalue weighted by atomic mass is 32.2. The number of hydrogen-bond donors (Lipinski definition) is 0. The molecule has 2 fully saturated rings. The largest absolute Gasteiger partial charge is 0.431 e. The fraction of sp³-hybridized carbons (Fsp3) is 0.417. The van der Waals surface area contributed by atoms with Crippen LogP contribution in [0.4, 0.5) is 0 Å². The summed E-state index contributed by atoms with van der Waals surface area (Å²) in [5, 5.41) is 0.582. The van der Waals surface area contributed by atoms with Gasteiger partial charge in [0.2, 0.25) is 5.91 Å². The quantitative estimate of drug-likeness (QED) is 0.537. The van der Waals surface area contributed by atoms with E-state index in [1.807, 2.05) is 24.3 Å². The molecular weight excluding hydrogens is 380 g/mol. The number of thioether (sulfide) groups is 1. The molecule has 0 spiro atoms. The summed E-state index contributed by atoms with van der Waals surface area (Å²) in [5.41, 5.74) is 3.06. The van der Waals surface area contributed by atoms with Crippen molar-refractivity contribution in [3.63, 3.8) is 0 Å². The lowest BCUT2D eigenvalue weighted by molar-refractivity contribution is -0.135. The Morgan fingerprint density at radius 3 is 2.69 bits per heavy atom. The monoisotopic (exact) mass is 406 g/mol. The summed E-state index contributed by atoms with van der Waals surface area (Å²) in [5.74, 6) is 1.78. The van der Waals surface area contributed by atoms with Crippen LogP contribution in [-0.4, -0.2) is 34.1 Å². The van der Waals surface area contributed by atoms with Crippen LogP contribution in [0.3, 0.4) is 0 Å². The number of carbonyl (C=O) groups is 1. The molecule has 2 heterocycles. The van der Waals surface area contributed by atoms with Crippen molar-refractivity contribution in [1.82, 2.24) is 9.88 Å². The standard InChI is InChI=1S/C24H26N2O2S/c27-23(16-29-24-25-20-11-5-7-13-22(20)28-24)26-15-14-18(17-8-2-1-3-9-17)19-10-4-6-12-21(19)26/h1-3,5,7-9,11,13,18-19,21H,4,6,10,12,14-16H2/t18-,19-,21-/m0/s1. The summed E-state index contributed by atoms with van der Waals surface area (Å²) < 4.78 is 5.77. The van der Waals surface area contributed by atoms with Gasteiger partial charge in [0, 0.05) is 12.6 Å². The Kier molecular flexibility index (Phi) is 5.32. The van der Waals surface area contributed by atoms with Crippen molar-refractivity contribution in [3.8, 4) is 0 Å². The summed E-state index contributed by atoms with van der Waals surface area (Å²) in [6.07, 6.45) is 5.93. The second-order valence-electron chi connectivity index (χ2n) is 8.14. The van der Waals surface area contributed by atoms with Crippen LogP contribution in [0.2, 0.25) is 0 Å². The zero-order valence-electron chi connectivity index (χ0n) is 16.5. The second-order valence-corrected chi connectivity index (χ2v) is 9.07. The van der Waals surface area contributed by atoms with Crippen LogP contribution in [0, 0.1) is 5.92 Å². The van der Waals surface area contributed by atoms with E-state index in [0.717, 1.165) is 30.5 Å². The van der Waals surface area contributed by atoms with Gasteiger partial charge in [0.05, 0.1) is 5.75 Å². The first kappa shape index (κ1) is 18.7. The van der Waals surface area contributed by atoms with E-state index in [4.69, 9.17) is 4.42 Å². The van der Waals surface area contributed by atoms with Crippen molar-refractivity contribution < 1.29 is 9.21 Å². The van der Waals surface area contributed by atoms with Gasteiger partial charge in [-0.3, -0.25) is 4.79 Å². The summed E-state index contributed by atoms with van der Waals surface area (Å²) in [4.78, 5) is 19.8. The lowest BCUT2D eigenvalue weighted by Crippen LogP contribution is -2.52. The Labute approximate surface area is 175 Å². The lowest BCUT2D eigenvalue weighted by Gasteiger charge is -2.48. The summed E-state index contributed by atoms with van der Waals surface area (Å²) in [7, 11) is 0. The van der Waals surface area contributed by atoms with Crippen LogP contribution in [-0.2, 0) is 4.79 Å². The van der Waals surface area contributed by atoms with E-state index in [1.165, 1.54) is 36.6 Å². The van der Waals surface area contributed by atoms with Crippen LogP contribution in [0.15, 0.2) is 64.2 Å². The lowest BCUT2D eigenvalue weighted by atomic mass is 9.69. The van der Waals surface area contributed by atoms with Gasteiger partial charge in [0.15, 0.2) is 5.58 Å². The first-order chi connectivity index (χ1) is 14.3. The zero-order chi connectivity index (χ0) is 19.6. The average molecular weight is 407 g/mol. The first-order valence-electron chi connectivity index (χ1n) is 10.6. The maximum absolute atomic E-state index is 13.1. The molecule has 5 rings (SSSR count). The number of rotatable bonds is 4. The summed E-state index contributed by atoms with van der Waals surface area (Å²) >= 11 is 1.42. The number of para-hydroxylation sites is 2. The molecule has 3 atom stereocenters. The molecule has 2 aliphatic rings. The molecule has 5 heteroatoms. The molecule has 150 valence electrons. The minimum absolute atomic E-state index is 0.223. The predicted molar refractivity (Wildman–Crippen MR) is 116 cm³/mol. The van der Waals surface area contributed by atoms with Crippen LogP contribution < -0.4 is 0 Å². The summed E-state index contributed by atoms with van der Waals surface area (Å²) in [6.45, 7) is 0.855. The number of aromatic nitrogens is 1. The van der Waals surface area contributed by atoms with E-state index in [9.17, 15) is 4.79 Å². The van der Waals surface area contributed by atoms with Crippen LogP contribution in [0.5, 0.6) is 0 Å². The molecule has 1 saturated carbocycles. The Morgan fingerprint density at radius 1 is 1.03 bits per heavy atom. The fourth-order valence-electron chi connectivity index (χ4n) is 5.20. The maximum atomic E-state index is 13.1. The topological polar surface area (TPSA) is 46.3 Å². The molecule has 29 heavy (non-hydrogen) atoms. The Hall–Kier alpha value is -2.27. The molecule has 0 N–H and O–H groups in total. The third kappa shape index (κ3) is 3.80. The van der Waals surface area contributed by atoms with Gasteiger partial charge < -0.3 is 9.32 Å². The molecule has 4 nitrogen and oxygen atoms in total. The van der Waals surface area contributed by atoms with Crippen molar-refractivity contribution in [2.75, 3.05) is 12.3 Å². The van der Waals surface area contributed by atoms with Crippen molar-refractivity contribution >= 4 is 28.8 Å². The van der Waals surface area contributed by atoms with E-state index in [2.05, 4.69) is 40.2 Å². The Balaban J connectivity index is 1.28. The number of amides is 1. The number of hydrogen-bond acceptors (Lipinski definition) is 4. The normalized spacial score (nSPS) is 24.4. The number of piperidine rings is 1. The third-order valence-electron chi connectivity index (χ3n) is 6.52.